The summed E-state index contributed by atoms with van der Waals surface area (Å²) in [4.78, 5) is 16.0. The number of halogens is 1. The molecule has 0 unspecified atom stereocenters. The second-order valence-electron chi connectivity index (χ2n) is 4.07. The van der Waals surface area contributed by atoms with Crippen LogP contribution in [0.4, 0.5) is 0 Å². The largest absolute Gasteiger partial charge is 0.497 e. The molecule has 0 aliphatic rings. The number of rotatable bonds is 5. The van der Waals surface area contributed by atoms with Crippen LogP contribution < -0.4 is 4.74 Å². The van der Waals surface area contributed by atoms with Crippen molar-refractivity contribution in [2.75, 3.05) is 21.3 Å². The van der Waals surface area contributed by atoms with Gasteiger partial charge in [0.15, 0.2) is 0 Å². The number of aromatic nitrogens is 1. The number of hydrogen-bond donors (Lipinski definition) is 0. The van der Waals surface area contributed by atoms with Gasteiger partial charge in [-0.3, -0.25) is 0 Å². The quantitative estimate of drug-likeness (QED) is 0.767. The van der Waals surface area contributed by atoms with Crippen molar-refractivity contribution in [3.8, 4) is 17.2 Å². The zero-order chi connectivity index (χ0) is 15.4. The third kappa shape index (κ3) is 3.25. The van der Waals surface area contributed by atoms with Gasteiger partial charge in [-0.1, -0.05) is 0 Å². The van der Waals surface area contributed by atoms with Gasteiger partial charge in [-0.25, -0.2) is 9.78 Å². The molecule has 0 amide bonds. The van der Waals surface area contributed by atoms with Crippen LogP contribution in [0.25, 0.3) is 11.5 Å². The highest BCUT2D eigenvalue weighted by molar-refractivity contribution is 9.10. The summed E-state index contributed by atoms with van der Waals surface area (Å²) in [6.45, 7) is 0.148. The Labute approximate surface area is 130 Å². The van der Waals surface area contributed by atoms with E-state index in [0.717, 1.165) is 4.47 Å². The van der Waals surface area contributed by atoms with Gasteiger partial charge >= 0.3 is 5.97 Å². The van der Waals surface area contributed by atoms with Crippen LogP contribution >= 0.6 is 15.9 Å². The van der Waals surface area contributed by atoms with Gasteiger partial charge in [-0.05, 0) is 34.1 Å². The molecule has 0 saturated heterocycles. The highest BCUT2D eigenvalue weighted by atomic mass is 79.9. The first kappa shape index (κ1) is 15.5. The molecule has 0 aliphatic carbocycles. The van der Waals surface area contributed by atoms with Crippen molar-refractivity contribution in [2.45, 2.75) is 6.61 Å². The van der Waals surface area contributed by atoms with Gasteiger partial charge in [-0.15, -0.1) is 0 Å². The van der Waals surface area contributed by atoms with E-state index < -0.39 is 5.97 Å². The summed E-state index contributed by atoms with van der Waals surface area (Å²) in [6, 6.07) is 5.37. The molecule has 0 saturated carbocycles. The third-order valence-electron chi connectivity index (χ3n) is 2.75. The summed E-state index contributed by atoms with van der Waals surface area (Å²) in [5.74, 6) is 0.372. The molecular formula is C14H14BrNO5. The molecule has 2 aromatic rings. The second kappa shape index (κ2) is 6.73. The molecular weight excluding hydrogens is 342 g/mol. The molecule has 0 atom stereocenters. The van der Waals surface area contributed by atoms with E-state index in [0.29, 0.717) is 17.0 Å². The number of hydrogen-bond acceptors (Lipinski definition) is 6. The summed E-state index contributed by atoms with van der Waals surface area (Å²) < 4.78 is 21.2. The molecule has 6 nitrogen and oxygen atoms in total. The smallest absolute Gasteiger partial charge is 0.376 e. The highest BCUT2D eigenvalue weighted by Crippen LogP contribution is 2.32. The predicted molar refractivity (Wildman–Crippen MR) is 78.2 cm³/mol. The normalized spacial score (nSPS) is 10.5. The van der Waals surface area contributed by atoms with E-state index in [1.54, 1.807) is 19.2 Å². The number of ether oxygens (including phenoxy) is 3. The van der Waals surface area contributed by atoms with Crippen LogP contribution in [0.1, 0.15) is 16.2 Å². The van der Waals surface area contributed by atoms with E-state index in [4.69, 9.17) is 13.9 Å². The molecule has 21 heavy (non-hydrogen) atoms. The average molecular weight is 356 g/mol. The lowest BCUT2D eigenvalue weighted by atomic mass is 10.2. The van der Waals surface area contributed by atoms with Crippen LogP contribution in [0.3, 0.4) is 0 Å². The topological polar surface area (TPSA) is 70.8 Å². The zero-order valence-corrected chi connectivity index (χ0v) is 13.4. The molecule has 0 fully saturated rings. The molecule has 7 heteroatoms. The Bertz CT molecular complexity index is 653. The van der Waals surface area contributed by atoms with E-state index in [9.17, 15) is 4.79 Å². The Morgan fingerprint density at radius 3 is 2.71 bits per heavy atom. The number of carbonyl (C=O) groups is 1. The maximum absolute atomic E-state index is 11.7. The lowest BCUT2D eigenvalue weighted by molar-refractivity contribution is 0.0559. The van der Waals surface area contributed by atoms with Gasteiger partial charge < -0.3 is 18.6 Å². The Morgan fingerprint density at radius 1 is 1.33 bits per heavy atom. The van der Waals surface area contributed by atoms with E-state index in [1.165, 1.54) is 14.2 Å². The van der Waals surface area contributed by atoms with Crippen molar-refractivity contribution >= 4 is 21.9 Å². The van der Waals surface area contributed by atoms with Crippen LogP contribution in [0.15, 0.2) is 27.1 Å². The Kier molecular flexibility index (Phi) is 4.98. The maximum atomic E-state index is 11.7. The fraction of sp³-hybridized carbons (Fsp3) is 0.286. The van der Waals surface area contributed by atoms with Crippen molar-refractivity contribution in [2.24, 2.45) is 0 Å². The van der Waals surface area contributed by atoms with E-state index in [-0.39, 0.29) is 18.3 Å². The predicted octanol–water partition coefficient (Wildman–Crippen LogP) is 3.05. The molecule has 1 aromatic heterocycles. The number of nitrogens with zero attached hydrogens (tertiary/aromatic N) is 1. The average Bonchev–Trinajstić information content (AvgIpc) is 2.91. The van der Waals surface area contributed by atoms with Crippen molar-refractivity contribution in [3.63, 3.8) is 0 Å². The fourth-order valence-corrected chi connectivity index (χ4v) is 2.17. The lowest BCUT2D eigenvalue weighted by Gasteiger charge is -2.03. The monoisotopic (exact) mass is 355 g/mol. The van der Waals surface area contributed by atoms with Crippen molar-refractivity contribution in [3.05, 3.63) is 34.1 Å². The molecule has 0 N–H and O–H groups in total. The molecule has 1 heterocycles. The van der Waals surface area contributed by atoms with Gasteiger partial charge in [-0.2, -0.15) is 0 Å². The molecule has 0 spiro atoms. The minimum Gasteiger partial charge on any atom is -0.497 e. The first-order valence-electron chi connectivity index (χ1n) is 6.01. The van der Waals surface area contributed by atoms with Crippen molar-refractivity contribution in [1.29, 1.82) is 0 Å². The summed E-state index contributed by atoms with van der Waals surface area (Å²) in [7, 11) is 4.36. The minimum absolute atomic E-state index is 0.0315. The number of carbonyl (C=O) groups excluding carboxylic acids is 1. The molecule has 2 rings (SSSR count). The van der Waals surface area contributed by atoms with Crippen molar-refractivity contribution < 1.29 is 23.4 Å². The highest BCUT2D eigenvalue weighted by Gasteiger charge is 2.22. The maximum Gasteiger partial charge on any atom is 0.376 e. The summed E-state index contributed by atoms with van der Waals surface area (Å²) in [5, 5.41) is 0. The van der Waals surface area contributed by atoms with Gasteiger partial charge in [0.2, 0.25) is 11.7 Å². The standard InChI is InChI=1S/C14H14BrNO5/c1-18-7-11-12(14(17)20-3)21-13(16-11)9-6-8(19-2)4-5-10(9)15/h4-6H,7H2,1-3H3. The van der Waals surface area contributed by atoms with Gasteiger partial charge in [0.05, 0.1) is 26.4 Å². The zero-order valence-electron chi connectivity index (χ0n) is 11.8. The van der Waals surface area contributed by atoms with Crippen LogP contribution in [0, 0.1) is 0 Å². The summed E-state index contributed by atoms with van der Waals surface area (Å²) >= 11 is 3.42. The molecule has 112 valence electrons. The number of esters is 1. The Morgan fingerprint density at radius 2 is 2.10 bits per heavy atom. The van der Waals surface area contributed by atoms with Gasteiger partial charge in [0.1, 0.15) is 11.4 Å². The molecule has 0 radical (unpaired) electrons. The number of benzene rings is 1. The first-order valence-corrected chi connectivity index (χ1v) is 6.80. The third-order valence-corrected chi connectivity index (χ3v) is 3.44. The van der Waals surface area contributed by atoms with Gasteiger partial charge in [0, 0.05) is 11.6 Å². The fourth-order valence-electron chi connectivity index (χ4n) is 1.75. The molecule has 0 aliphatic heterocycles. The van der Waals surface area contributed by atoms with Crippen molar-refractivity contribution in [1.82, 2.24) is 4.98 Å². The SMILES string of the molecule is COCc1nc(-c2cc(OC)ccc2Br)oc1C(=O)OC. The van der Waals surface area contributed by atoms with E-state index >= 15 is 0 Å². The molecule has 1 aromatic carbocycles. The van der Waals surface area contributed by atoms with Gasteiger partial charge in [0.25, 0.3) is 0 Å². The van der Waals surface area contributed by atoms with E-state index in [2.05, 4.69) is 25.7 Å². The van der Waals surface area contributed by atoms with Crippen LogP contribution in [-0.4, -0.2) is 32.3 Å². The second-order valence-corrected chi connectivity index (χ2v) is 4.92. The lowest BCUT2D eigenvalue weighted by Crippen LogP contribution is -2.04. The Hall–Kier alpha value is -1.86. The summed E-state index contributed by atoms with van der Waals surface area (Å²) in [6.07, 6.45) is 0. The Balaban J connectivity index is 2.51. The number of methoxy groups -OCH3 is 3. The van der Waals surface area contributed by atoms with E-state index in [1.807, 2.05) is 6.07 Å². The van der Waals surface area contributed by atoms with Crippen LogP contribution in [-0.2, 0) is 16.1 Å². The first-order chi connectivity index (χ1) is 10.1. The summed E-state index contributed by atoms with van der Waals surface area (Å²) in [5.41, 5.74) is 1.05. The van der Waals surface area contributed by atoms with Crippen LogP contribution in [0.5, 0.6) is 5.75 Å². The van der Waals surface area contributed by atoms with Crippen LogP contribution in [0.2, 0.25) is 0 Å². The molecule has 0 bridgehead atoms. The number of oxazole rings is 1. The minimum atomic E-state index is -0.597.